The van der Waals surface area contributed by atoms with Crippen LogP contribution in [0.15, 0.2) is 30.5 Å². The molecule has 1 aliphatic heterocycles. The van der Waals surface area contributed by atoms with Gasteiger partial charge in [-0.2, -0.15) is 0 Å². The molecule has 3 heterocycles. The third-order valence-corrected chi connectivity index (χ3v) is 7.36. The van der Waals surface area contributed by atoms with Gasteiger partial charge in [-0.25, -0.2) is 18.7 Å². The molecule has 0 amide bonds. The fourth-order valence-electron chi connectivity index (χ4n) is 5.57. The van der Waals surface area contributed by atoms with Crippen LogP contribution in [0.2, 0.25) is 0 Å². The Bertz CT molecular complexity index is 1630. The fourth-order valence-corrected chi connectivity index (χ4v) is 5.57. The first kappa shape index (κ1) is 28.6. The number of fused-ring (bicyclic) bond motifs is 2. The maximum atomic E-state index is 16.5. The van der Waals surface area contributed by atoms with Crippen molar-refractivity contribution in [1.82, 2.24) is 15.0 Å². The van der Waals surface area contributed by atoms with Crippen molar-refractivity contribution in [2.45, 2.75) is 51.5 Å². The number of benzene rings is 2. The fraction of sp³-hybridized carbons (Fsp3) is 0.400. The number of hydrogen-bond acceptors (Lipinski definition) is 8. The molecular weight excluding hydrogens is 532 g/mol. The second-order valence-electron chi connectivity index (χ2n) is 10.8. The molecule has 0 bridgehead atoms. The normalized spacial score (nSPS) is 17.4. The van der Waals surface area contributed by atoms with E-state index in [9.17, 15) is 4.79 Å². The molecule has 1 saturated heterocycles. The summed E-state index contributed by atoms with van der Waals surface area (Å²) in [7, 11) is 1.48. The molecule has 1 aliphatic rings. The van der Waals surface area contributed by atoms with Crippen LogP contribution in [0.1, 0.15) is 44.0 Å². The van der Waals surface area contributed by atoms with E-state index in [1.165, 1.54) is 13.2 Å². The zero-order chi connectivity index (χ0) is 29.3. The molecule has 0 spiro atoms. The van der Waals surface area contributed by atoms with E-state index < -0.39 is 23.1 Å². The Labute approximate surface area is 236 Å². The zero-order valence-corrected chi connectivity index (χ0v) is 23.3. The topological polar surface area (TPSA) is 124 Å². The van der Waals surface area contributed by atoms with Gasteiger partial charge in [0.05, 0.1) is 5.39 Å². The SMILES string of the molecule is COCOc1cc(-c2ncc3c(N4CCC[C@@](C)(N)C4)nc(C)nc3c2F)c2c(CCCC(=O)O)c(F)ccc2c1. The number of pyridine rings is 1. The number of rotatable bonds is 9. The summed E-state index contributed by atoms with van der Waals surface area (Å²) in [4.78, 5) is 26.8. The standard InChI is InChI=1S/C30H33F2N5O4/c1-17-35-28-22(29(36-17)37-11-5-10-30(2,33)15-37)14-34-27(26(28)32)21-13-19(41-16-40-3)12-18-8-9-23(31)20(25(18)21)6-4-7-24(38)39/h8-9,12-14H,4-7,10-11,15-16,33H2,1-3H3,(H,38,39)/t30-/m1/s1. The van der Waals surface area contributed by atoms with Crippen LogP contribution in [0.5, 0.6) is 5.75 Å². The van der Waals surface area contributed by atoms with Crippen molar-refractivity contribution in [3.8, 4) is 17.0 Å². The Hall–Kier alpha value is -3.96. The largest absolute Gasteiger partial charge is 0.481 e. The lowest BCUT2D eigenvalue weighted by Crippen LogP contribution is -2.52. The average molecular weight is 566 g/mol. The number of nitrogens with zero attached hydrogens (tertiary/aromatic N) is 4. The summed E-state index contributed by atoms with van der Waals surface area (Å²) in [5.41, 5.74) is 6.70. The van der Waals surface area contributed by atoms with E-state index in [0.29, 0.717) is 45.7 Å². The minimum atomic E-state index is -0.974. The second kappa shape index (κ2) is 11.5. The molecule has 216 valence electrons. The van der Waals surface area contributed by atoms with E-state index in [0.717, 1.165) is 19.4 Å². The van der Waals surface area contributed by atoms with Gasteiger partial charge < -0.3 is 25.2 Å². The smallest absolute Gasteiger partial charge is 0.303 e. The minimum absolute atomic E-state index is 0.0261. The van der Waals surface area contributed by atoms with Gasteiger partial charge in [-0.1, -0.05) is 6.07 Å². The molecule has 2 aromatic carbocycles. The number of carboxylic acids is 1. The number of piperidine rings is 1. The number of ether oxygens (including phenoxy) is 2. The van der Waals surface area contributed by atoms with E-state index in [1.807, 2.05) is 11.8 Å². The van der Waals surface area contributed by atoms with Crippen LogP contribution in [0.3, 0.4) is 0 Å². The van der Waals surface area contributed by atoms with E-state index >= 15 is 8.78 Å². The van der Waals surface area contributed by atoms with Crippen molar-refractivity contribution < 1.29 is 28.2 Å². The van der Waals surface area contributed by atoms with Gasteiger partial charge in [0.2, 0.25) is 0 Å². The Morgan fingerprint density at radius 2 is 2.05 bits per heavy atom. The second-order valence-corrected chi connectivity index (χ2v) is 10.8. The number of carboxylic acid groups (broad SMARTS) is 1. The van der Waals surface area contributed by atoms with Gasteiger partial charge in [-0.15, -0.1) is 0 Å². The highest BCUT2D eigenvalue weighted by Crippen LogP contribution is 2.39. The number of halogens is 2. The lowest BCUT2D eigenvalue weighted by molar-refractivity contribution is -0.137. The average Bonchev–Trinajstić information content (AvgIpc) is 2.92. The number of hydrogen-bond donors (Lipinski definition) is 2. The lowest BCUT2D eigenvalue weighted by Gasteiger charge is -2.38. The number of aromatic nitrogens is 3. The predicted molar refractivity (Wildman–Crippen MR) is 152 cm³/mol. The molecule has 4 aromatic rings. The highest BCUT2D eigenvalue weighted by atomic mass is 19.1. The molecule has 11 heteroatoms. The maximum Gasteiger partial charge on any atom is 0.303 e. The monoisotopic (exact) mass is 565 g/mol. The van der Waals surface area contributed by atoms with Crippen LogP contribution in [0.25, 0.3) is 32.9 Å². The summed E-state index contributed by atoms with van der Waals surface area (Å²) in [6, 6.07) is 6.21. The van der Waals surface area contributed by atoms with Crippen LogP contribution in [-0.2, 0) is 16.0 Å². The molecule has 5 rings (SSSR count). The molecular formula is C30H33F2N5O4. The van der Waals surface area contributed by atoms with Crippen LogP contribution in [0.4, 0.5) is 14.6 Å². The number of aryl methyl sites for hydroxylation is 2. The van der Waals surface area contributed by atoms with Crippen LogP contribution in [-0.4, -0.2) is 58.6 Å². The molecule has 41 heavy (non-hydrogen) atoms. The van der Waals surface area contributed by atoms with Gasteiger partial charge in [-0.3, -0.25) is 9.78 Å². The zero-order valence-electron chi connectivity index (χ0n) is 23.3. The Morgan fingerprint density at radius 1 is 1.24 bits per heavy atom. The predicted octanol–water partition coefficient (Wildman–Crippen LogP) is 5.14. The summed E-state index contributed by atoms with van der Waals surface area (Å²) < 4.78 is 42.5. The number of aliphatic carboxylic acids is 1. The Balaban J connectivity index is 1.71. The van der Waals surface area contributed by atoms with Gasteiger partial charge in [-0.05, 0) is 74.1 Å². The van der Waals surface area contributed by atoms with E-state index in [2.05, 4.69) is 15.0 Å². The van der Waals surface area contributed by atoms with Gasteiger partial charge in [0, 0.05) is 43.9 Å². The third kappa shape index (κ3) is 5.91. The van der Waals surface area contributed by atoms with Crippen molar-refractivity contribution in [3.05, 3.63) is 53.5 Å². The summed E-state index contributed by atoms with van der Waals surface area (Å²) in [6.45, 7) is 4.94. The number of carbonyl (C=O) groups is 1. The van der Waals surface area contributed by atoms with Crippen LogP contribution >= 0.6 is 0 Å². The van der Waals surface area contributed by atoms with Gasteiger partial charge in [0.1, 0.15) is 34.4 Å². The molecule has 2 aromatic heterocycles. The van der Waals surface area contributed by atoms with Crippen molar-refractivity contribution in [2.75, 3.05) is 31.9 Å². The quantitative estimate of drug-likeness (QED) is 0.266. The number of nitrogens with two attached hydrogens (primary N) is 1. The Morgan fingerprint density at radius 3 is 2.78 bits per heavy atom. The van der Waals surface area contributed by atoms with Crippen LogP contribution in [0, 0.1) is 18.6 Å². The van der Waals surface area contributed by atoms with Gasteiger partial charge >= 0.3 is 5.97 Å². The van der Waals surface area contributed by atoms with E-state index in [-0.39, 0.29) is 42.8 Å². The number of methoxy groups -OCH3 is 1. The maximum absolute atomic E-state index is 16.5. The molecule has 9 nitrogen and oxygen atoms in total. The molecule has 1 fully saturated rings. The summed E-state index contributed by atoms with van der Waals surface area (Å²) in [6.07, 6.45) is 3.54. The van der Waals surface area contributed by atoms with Crippen molar-refractivity contribution in [3.63, 3.8) is 0 Å². The van der Waals surface area contributed by atoms with Crippen molar-refractivity contribution >= 4 is 33.5 Å². The summed E-state index contributed by atoms with van der Waals surface area (Å²) >= 11 is 0. The first-order chi connectivity index (χ1) is 19.6. The van der Waals surface area contributed by atoms with Crippen molar-refractivity contribution in [1.29, 1.82) is 0 Å². The molecule has 0 unspecified atom stereocenters. The first-order valence-corrected chi connectivity index (χ1v) is 13.5. The Kier molecular flexibility index (Phi) is 8.01. The minimum Gasteiger partial charge on any atom is -0.481 e. The summed E-state index contributed by atoms with van der Waals surface area (Å²) in [5, 5.41) is 10.6. The molecule has 3 N–H and O–H groups in total. The molecule has 0 radical (unpaired) electrons. The van der Waals surface area contributed by atoms with Gasteiger partial charge in [0.25, 0.3) is 0 Å². The first-order valence-electron chi connectivity index (χ1n) is 13.5. The molecule has 1 atom stereocenters. The van der Waals surface area contributed by atoms with E-state index in [4.69, 9.17) is 20.3 Å². The molecule has 0 saturated carbocycles. The van der Waals surface area contributed by atoms with Crippen molar-refractivity contribution in [2.24, 2.45) is 5.73 Å². The van der Waals surface area contributed by atoms with E-state index in [1.54, 1.807) is 31.3 Å². The molecule has 0 aliphatic carbocycles. The highest BCUT2D eigenvalue weighted by molar-refractivity contribution is 6.01. The van der Waals surface area contributed by atoms with Gasteiger partial charge in [0.15, 0.2) is 12.6 Å². The highest BCUT2D eigenvalue weighted by Gasteiger charge is 2.30. The third-order valence-electron chi connectivity index (χ3n) is 7.36. The lowest BCUT2D eigenvalue weighted by atomic mass is 9.92. The summed E-state index contributed by atoms with van der Waals surface area (Å²) in [5.74, 6) is -0.801. The van der Waals surface area contributed by atoms with Crippen LogP contribution < -0.4 is 15.4 Å². The number of anilines is 1.